The van der Waals surface area contributed by atoms with Crippen LogP contribution in [0.3, 0.4) is 0 Å². The van der Waals surface area contributed by atoms with Crippen LogP contribution in [-0.4, -0.2) is 54.0 Å². The summed E-state index contributed by atoms with van der Waals surface area (Å²) in [7, 11) is 0. The zero-order valence-corrected chi connectivity index (χ0v) is 18.1. The molecule has 1 aromatic rings. The first-order valence-corrected chi connectivity index (χ1v) is 11.9. The molecular formula is C24H35N3O3. The molecule has 0 spiro atoms. The highest BCUT2D eigenvalue weighted by molar-refractivity contribution is 5.93. The fourth-order valence-corrected chi connectivity index (χ4v) is 7.43. The molecule has 1 atom stereocenters. The first-order chi connectivity index (χ1) is 14.6. The average Bonchev–Trinajstić information content (AvgIpc) is 3.14. The van der Waals surface area contributed by atoms with E-state index in [1.54, 1.807) is 6.07 Å². The second kappa shape index (κ2) is 7.93. The van der Waals surface area contributed by atoms with Gasteiger partial charge in [0.15, 0.2) is 0 Å². The Bertz CT molecular complexity index is 739. The Balaban J connectivity index is 1.21. The number of nitrogens with zero attached hydrogens (tertiary/aromatic N) is 2. The third-order valence-corrected chi connectivity index (χ3v) is 8.37. The molecule has 0 aromatic carbocycles. The summed E-state index contributed by atoms with van der Waals surface area (Å²) in [5.41, 5.74) is 0.912. The van der Waals surface area contributed by atoms with E-state index in [1.807, 2.05) is 9.80 Å². The fraction of sp³-hybridized carbons (Fsp3) is 0.750. The Hall–Kier alpha value is -1.98. The quantitative estimate of drug-likeness (QED) is 0.807. The van der Waals surface area contributed by atoms with E-state index in [0.717, 1.165) is 30.6 Å². The number of urea groups is 1. The minimum atomic E-state index is -0.00832. The zero-order chi connectivity index (χ0) is 20.7. The highest BCUT2D eigenvalue weighted by atomic mass is 16.3. The Kier molecular flexibility index (Phi) is 5.28. The summed E-state index contributed by atoms with van der Waals surface area (Å²) in [6.07, 6.45) is 13.1. The van der Waals surface area contributed by atoms with E-state index in [4.69, 9.17) is 4.42 Å². The van der Waals surface area contributed by atoms with Crippen LogP contribution in [0.25, 0.3) is 0 Å². The van der Waals surface area contributed by atoms with Crippen molar-refractivity contribution in [2.75, 3.05) is 26.2 Å². The van der Waals surface area contributed by atoms with Gasteiger partial charge in [-0.2, -0.15) is 0 Å². The second-order valence-electron chi connectivity index (χ2n) is 10.3. The van der Waals surface area contributed by atoms with E-state index in [9.17, 15) is 9.59 Å². The topological polar surface area (TPSA) is 65.8 Å². The van der Waals surface area contributed by atoms with Crippen LogP contribution in [-0.2, 0) is 0 Å². The zero-order valence-electron chi connectivity index (χ0n) is 18.1. The summed E-state index contributed by atoms with van der Waals surface area (Å²) in [5.74, 6) is 2.67. The number of furan rings is 1. The van der Waals surface area contributed by atoms with Crippen molar-refractivity contribution >= 4 is 11.9 Å². The molecule has 6 rings (SSSR count). The van der Waals surface area contributed by atoms with E-state index in [-0.39, 0.29) is 18.0 Å². The molecule has 1 unspecified atom stereocenters. The van der Waals surface area contributed by atoms with Gasteiger partial charge in [0, 0.05) is 32.2 Å². The molecule has 4 aliphatic carbocycles. The van der Waals surface area contributed by atoms with Gasteiger partial charge in [0.25, 0.3) is 5.91 Å². The number of nitrogens with one attached hydrogen (secondary N) is 1. The number of hydrogen-bond donors (Lipinski definition) is 1. The van der Waals surface area contributed by atoms with Crippen molar-refractivity contribution in [1.29, 1.82) is 0 Å². The predicted octanol–water partition coefficient (Wildman–Crippen LogP) is 4.13. The molecule has 0 radical (unpaired) electrons. The molecule has 1 N–H and O–H groups in total. The van der Waals surface area contributed by atoms with Gasteiger partial charge in [-0.1, -0.05) is 6.92 Å². The van der Waals surface area contributed by atoms with Crippen LogP contribution < -0.4 is 5.32 Å². The number of hydrogen-bond acceptors (Lipinski definition) is 3. The van der Waals surface area contributed by atoms with Crippen LogP contribution >= 0.6 is 0 Å². The smallest absolute Gasteiger partial charge is 0.317 e. The van der Waals surface area contributed by atoms with E-state index in [1.165, 1.54) is 51.1 Å². The van der Waals surface area contributed by atoms with Gasteiger partial charge in [0.1, 0.15) is 6.26 Å². The summed E-state index contributed by atoms with van der Waals surface area (Å²) >= 11 is 0. The van der Waals surface area contributed by atoms with Crippen molar-refractivity contribution in [2.45, 2.75) is 64.3 Å². The van der Waals surface area contributed by atoms with Gasteiger partial charge in [-0.3, -0.25) is 4.79 Å². The lowest BCUT2D eigenvalue weighted by Crippen LogP contribution is -2.58. The average molecular weight is 414 g/mol. The van der Waals surface area contributed by atoms with Crippen molar-refractivity contribution in [3.63, 3.8) is 0 Å². The molecule has 164 valence electrons. The number of carbonyl (C=O) groups excluding carboxylic acids is 2. The van der Waals surface area contributed by atoms with Crippen LogP contribution in [0.15, 0.2) is 23.0 Å². The minimum Gasteiger partial charge on any atom is -0.472 e. The summed E-state index contributed by atoms with van der Waals surface area (Å²) in [6.45, 7) is 4.79. The molecule has 3 amide bonds. The van der Waals surface area contributed by atoms with Gasteiger partial charge in [-0.25, -0.2) is 4.79 Å². The van der Waals surface area contributed by atoms with Gasteiger partial charge in [0.2, 0.25) is 0 Å². The Morgan fingerprint density at radius 2 is 1.70 bits per heavy atom. The van der Waals surface area contributed by atoms with Crippen LogP contribution in [0.4, 0.5) is 4.79 Å². The van der Waals surface area contributed by atoms with Gasteiger partial charge in [-0.15, -0.1) is 0 Å². The van der Waals surface area contributed by atoms with E-state index in [2.05, 4.69) is 12.2 Å². The van der Waals surface area contributed by atoms with Crippen LogP contribution in [0, 0.1) is 23.2 Å². The Morgan fingerprint density at radius 1 is 1.07 bits per heavy atom. The molecule has 4 saturated carbocycles. The molecule has 5 fully saturated rings. The van der Waals surface area contributed by atoms with Crippen molar-refractivity contribution < 1.29 is 14.0 Å². The van der Waals surface area contributed by atoms with Crippen LogP contribution in [0.5, 0.6) is 0 Å². The lowest BCUT2D eigenvalue weighted by Gasteiger charge is -2.59. The SMILES string of the molecule is CCC(NC(=O)N1CCCN(C(=O)c2ccoc2)CC1)C12CC3CC(CC(C3)C1)C2. The summed E-state index contributed by atoms with van der Waals surface area (Å²) in [4.78, 5) is 29.6. The maximum Gasteiger partial charge on any atom is 0.317 e. The maximum absolute atomic E-state index is 13.2. The molecule has 6 heteroatoms. The van der Waals surface area contributed by atoms with E-state index in [0.29, 0.717) is 37.2 Å². The van der Waals surface area contributed by atoms with Crippen molar-refractivity contribution in [3.05, 3.63) is 24.2 Å². The number of rotatable bonds is 4. The van der Waals surface area contributed by atoms with Gasteiger partial charge in [0.05, 0.1) is 11.8 Å². The minimum absolute atomic E-state index is 0.00832. The van der Waals surface area contributed by atoms with Gasteiger partial charge < -0.3 is 19.5 Å². The van der Waals surface area contributed by atoms with E-state index < -0.39 is 0 Å². The molecular weight excluding hydrogens is 378 g/mol. The summed E-state index contributed by atoms with van der Waals surface area (Å²) in [5, 5.41) is 3.46. The highest BCUT2D eigenvalue weighted by Crippen LogP contribution is 2.61. The summed E-state index contributed by atoms with van der Waals surface area (Å²) in [6, 6.07) is 2.05. The molecule has 2 heterocycles. The predicted molar refractivity (Wildman–Crippen MR) is 114 cm³/mol. The first-order valence-electron chi connectivity index (χ1n) is 11.9. The largest absolute Gasteiger partial charge is 0.472 e. The van der Waals surface area contributed by atoms with Crippen molar-refractivity contribution in [1.82, 2.24) is 15.1 Å². The van der Waals surface area contributed by atoms with Gasteiger partial charge in [-0.05, 0) is 80.6 Å². The molecule has 1 aliphatic heterocycles. The van der Waals surface area contributed by atoms with Crippen molar-refractivity contribution in [2.24, 2.45) is 23.2 Å². The standard InChI is InChI=1S/C24H35N3O3/c1-2-21(24-13-17-10-18(14-24)12-19(11-17)15-24)25-23(29)27-6-3-5-26(7-8-27)22(28)20-4-9-30-16-20/h4,9,16-19,21H,2-3,5-8,10-15H2,1H3,(H,25,29). The van der Waals surface area contributed by atoms with Crippen molar-refractivity contribution in [3.8, 4) is 0 Å². The second-order valence-corrected chi connectivity index (χ2v) is 10.3. The molecule has 30 heavy (non-hydrogen) atoms. The lowest BCUT2D eigenvalue weighted by atomic mass is 9.47. The van der Waals surface area contributed by atoms with Crippen LogP contribution in [0.1, 0.15) is 68.6 Å². The maximum atomic E-state index is 13.2. The lowest BCUT2D eigenvalue weighted by molar-refractivity contribution is -0.0727. The third-order valence-electron chi connectivity index (χ3n) is 8.37. The number of carbonyl (C=O) groups is 2. The molecule has 6 nitrogen and oxygen atoms in total. The Labute approximate surface area is 179 Å². The number of amides is 3. The molecule has 4 bridgehead atoms. The first kappa shape index (κ1) is 20.0. The fourth-order valence-electron chi connectivity index (χ4n) is 7.43. The molecule has 5 aliphatic rings. The van der Waals surface area contributed by atoms with E-state index >= 15 is 0 Å². The monoisotopic (exact) mass is 413 g/mol. The molecule has 1 aromatic heterocycles. The normalized spacial score (nSPS) is 34.0. The highest BCUT2D eigenvalue weighted by Gasteiger charge is 2.54. The third kappa shape index (κ3) is 3.63. The van der Waals surface area contributed by atoms with Crippen LogP contribution in [0.2, 0.25) is 0 Å². The van der Waals surface area contributed by atoms with Gasteiger partial charge >= 0.3 is 6.03 Å². The Morgan fingerprint density at radius 3 is 2.30 bits per heavy atom. The summed E-state index contributed by atoms with van der Waals surface area (Å²) < 4.78 is 5.05. The molecule has 1 saturated heterocycles.